The van der Waals surface area contributed by atoms with Crippen molar-refractivity contribution in [3.63, 3.8) is 0 Å². The number of hydrogen-bond acceptors (Lipinski definition) is 2. The topological polar surface area (TPSA) is 24.1 Å². The summed E-state index contributed by atoms with van der Waals surface area (Å²) in [7, 11) is 1.15. The molecule has 0 aliphatic rings. The van der Waals surface area contributed by atoms with Gasteiger partial charge in [0, 0.05) is 23.3 Å². The fourth-order valence-electron chi connectivity index (χ4n) is 1.25. The van der Waals surface area contributed by atoms with Crippen LogP contribution in [0.3, 0.4) is 0 Å². The average molecular weight is 200 g/mol. The monoisotopic (exact) mass is 200 g/mol. The van der Waals surface area contributed by atoms with Crippen LogP contribution in [0.15, 0.2) is 11.0 Å². The highest BCUT2D eigenvalue weighted by Gasteiger charge is 2.06. The van der Waals surface area contributed by atoms with Crippen LogP contribution in [0.5, 0.6) is 0 Å². The lowest BCUT2D eigenvalue weighted by atomic mass is 10.1. The van der Waals surface area contributed by atoms with Gasteiger partial charge >= 0.3 is 0 Å². The second kappa shape index (κ2) is 7.01. The van der Waals surface area contributed by atoms with E-state index in [9.17, 15) is 0 Å². The van der Waals surface area contributed by atoms with Gasteiger partial charge in [0.25, 0.3) is 0 Å². The molecule has 1 atom stereocenters. The summed E-state index contributed by atoms with van der Waals surface area (Å²) in [4.78, 5) is 0. The van der Waals surface area contributed by atoms with Gasteiger partial charge < -0.3 is 10.6 Å². The van der Waals surface area contributed by atoms with E-state index in [0.29, 0.717) is 0 Å². The van der Waals surface area contributed by atoms with Gasteiger partial charge in [0.05, 0.1) is 5.82 Å². The molecule has 3 heteroatoms. The number of hydrogen-bond donors (Lipinski definition) is 2. The first-order chi connectivity index (χ1) is 6.17. The van der Waals surface area contributed by atoms with Gasteiger partial charge in [-0.1, -0.05) is 25.5 Å². The molecule has 0 radical (unpaired) electrons. The molecule has 0 aromatic heterocycles. The van der Waals surface area contributed by atoms with Crippen molar-refractivity contribution in [3.05, 3.63) is 11.0 Å². The Morgan fingerprint density at radius 3 is 1.92 bits per heavy atom. The molecular weight excluding hydrogens is 176 g/mol. The van der Waals surface area contributed by atoms with Gasteiger partial charge in [-0.2, -0.15) is 0 Å². The molecule has 0 aromatic carbocycles. The summed E-state index contributed by atoms with van der Waals surface area (Å²) in [6.45, 7) is 10.8. The van der Waals surface area contributed by atoms with Crippen molar-refractivity contribution in [1.29, 1.82) is 0 Å². The molecule has 0 aliphatic carbocycles. The third-order valence-electron chi connectivity index (χ3n) is 2.45. The Morgan fingerprint density at radius 2 is 1.62 bits per heavy atom. The molecule has 0 saturated heterocycles. The van der Waals surface area contributed by atoms with Crippen LogP contribution in [0.2, 0.25) is 0 Å². The van der Waals surface area contributed by atoms with Crippen molar-refractivity contribution in [2.45, 2.75) is 34.1 Å². The summed E-state index contributed by atoms with van der Waals surface area (Å²) in [5, 5.41) is 8.38. The molecule has 78 valence electrons. The average Bonchev–Trinajstić information content (AvgIpc) is 2.15. The number of nitrogens with one attached hydrogen (secondary N) is 2. The van der Waals surface area contributed by atoms with Gasteiger partial charge in [0.2, 0.25) is 0 Å². The van der Waals surface area contributed by atoms with Gasteiger partial charge in [-0.15, -0.1) is 0 Å². The molecule has 0 amide bonds. The fraction of sp³-hybridized carbons (Fsp3) is 0.800. The molecular formula is C10H24N2Si. The summed E-state index contributed by atoms with van der Waals surface area (Å²) in [6.07, 6.45) is 1.24. The minimum Gasteiger partial charge on any atom is -0.373 e. The molecule has 0 rings (SSSR count). The van der Waals surface area contributed by atoms with Crippen molar-refractivity contribution in [3.8, 4) is 0 Å². The Bertz CT molecular complexity index is 158. The summed E-state index contributed by atoms with van der Waals surface area (Å²) >= 11 is 0. The van der Waals surface area contributed by atoms with E-state index in [1.54, 1.807) is 5.20 Å². The summed E-state index contributed by atoms with van der Waals surface area (Å²) in [5.74, 6) is 2.01. The standard InChI is InChI=1S/C10H24N2Si/c1-5-8(4)9(13)10(11-6-2)12-7-3/h8,11-12H,5-7H2,1-4,13H3. The first-order valence-corrected chi connectivity index (χ1v) is 6.35. The first kappa shape index (κ1) is 12.6. The second-order valence-electron chi connectivity index (χ2n) is 3.43. The normalized spacial score (nSPS) is 12.3. The molecule has 2 nitrogen and oxygen atoms in total. The van der Waals surface area contributed by atoms with Crippen LogP contribution < -0.4 is 10.6 Å². The van der Waals surface area contributed by atoms with E-state index in [-0.39, 0.29) is 0 Å². The fourth-order valence-corrected chi connectivity index (χ4v) is 2.01. The second-order valence-corrected chi connectivity index (χ2v) is 4.51. The van der Waals surface area contributed by atoms with Crippen molar-refractivity contribution in [2.24, 2.45) is 5.92 Å². The maximum Gasteiger partial charge on any atom is 0.0930 e. The quantitative estimate of drug-likeness (QED) is 0.619. The highest BCUT2D eigenvalue weighted by Crippen LogP contribution is 2.12. The van der Waals surface area contributed by atoms with Crippen LogP contribution >= 0.6 is 0 Å². The first-order valence-electron chi connectivity index (χ1n) is 5.35. The van der Waals surface area contributed by atoms with Crippen LogP contribution in [-0.4, -0.2) is 23.3 Å². The van der Waals surface area contributed by atoms with E-state index >= 15 is 0 Å². The van der Waals surface area contributed by atoms with Crippen molar-refractivity contribution < 1.29 is 0 Å². The number of rotatable bonds is 6. The van der Waals surface area contributed by atoms with Crippen LogP contribution in [0.25, 0.3) is 0 Å². The Morgan fingerprint density at radius 1 is 1.15 bits per heavy atom. The minimum atomic E-state index is 0.722. The Balaban J connectivity index is 4.42. The Kier molecular flexibility index (Phi) is 6.77. The molecule has 0 heterocycles. The lowest BCUT2D eigenvalue weighted by Crippen LogP contribution is -2.29. The predicted octanol–water partition coefficient (Wildman–Crippen LogP) is 0.786. The van der Waals surface area contributed by atoms with E-state index in [4.69, 9.17) is 0 Å². The molecule has 0 saturated carbocycles. The summed E-state index contributed by atoms with van der Waals surface area (Å²) < 4.78 is 0. The summed E-state index contributed by atoms with van der Waals surface area (Å²) in [6, 6.07) is 0. The van der Waals surface area contributed by atoms with E-state index in [1.807, 2.05) is 0 Å². The molecule has 2 N–H and O–H groups in total. The van der Waals surface area contributed by atoms with E-state index in [1.165, 1.54) is 12.2 Å². The lowest BCUT2D eigenvalue weighted by molar-refractivity contribution is 0.635. The van der Waals surface area contributed by atoms with E-state index in [0.717, 1.165) is 29.2 Å². The zero-order valence-electron chi connectivity index (χ0n) is 9.70. The van der Waals surface area contributed by atoms with Gasteiger partial charge in [0.15, 0.2) is 0 Å². The van der Waals surface area contributed by atoms with Crippen LogP contribution in [-0.2, 0) is 0 Å². The molecule has 0 bridgehead atoms. The van der Waals surface area contributed by atoms with Gasteiger partial charge in [-0.3, -0.25) is 0 Å². The smallest absolute Gasteiger partial charge is 0.0930 e. The summed E-state index contributed by atoms with van der Waals surface area (Å²) in [5.41, 5.74) is 0. The lowest BCUT2D eigenvalue weighted by Gasteiger charge is -2.18. The molecule has 1 unspecified atom stereocenters. The zero-order valence-corrected chi connectivity index (χ0v) is 11.7. The van der Waals surface area contributed by atoms with Crippen LogP contribution in [0, 0.1) is 5.92 Å². The van der Waals surface area contributed by atoms with Gasteiger partial charge in [-0.05, 0) is 19.8 Å². The predicted molar refractivity (Wildman–Crippen MR) is 63.8 cm³/mol. The number of allylic oxidation sites excluding steroid dienone is 1. The third-order valence-corrected chi connectivity index (χ3v) is 3.94. The minimum absolute atomic E-state index is 0.722. The van der Waals surface area contributed by atoms with Gasteiger partial charge in [0.1, 0.15) is 0 Å². The van der Waals surface area contributed by atoms with E-state index < -0.39 is 0 Å². The highest BCUT2D eigenvalue weighted by molar-refractivity contribution is 6.22. The van der Waals surface area contributed by atoms with Crippen molar-refractivity contribution >= 4 is 10.2 Å². The molecule has 0 aromatic rings. The van der Waals surface area contributed by atoms with Crippen LogP contribution in [0.4, 0.5) is 0 Å². The molecule has 13 heavy (non-hydrogen) atoms. The van der Waals surface area contributed by atoms with Crippen molar-refractivity contribution in [1.82, 2.24) is 10.6 Å². The SMILES string of the molecule is CCNC(NCC)=C([SiH3])C(C)CC. The maximum absolute atomic E-state index is 3.40. The Hall–Kier alpha value is -0.443. The van der Waals surface area contributed by atoms with Gasteiger partial charge in [-0.25, -0.2) is 0 Å². The highest BCUT2D eigenvalue weighted by atomic mass is 28.1. The van der Waals surface area contributed by atoms with Crippen LogP contribution in [0.1, 0.15) is 34.1 Å². The maximum atomic E-state index is 3.40. The zero-order chi connectivity index (χ0) is 10.3. The molecule has 0 fully saturated rings. The Labute approximate surface area is 85.6 Å². The molecule has 0 aliphatic heterocycles. The molecule has 0 spiro atoms. The van der Waals surface area contributed by atoms with Crippen molar-refractivity contribution in [2.75, 3.05) is 13.1 Å². The largest absolute Gasteiger partial charge is 0.373 e. The third kappa shape index (κ3) is 4.36. The van der Waals surface area contributed by atoms with E-state index in [2.05, 4.69) is 38.3 Å².